The predicted octanol–water partition coefficient (Wildman–Crippen LogP) is 15.7. The van der Waals surface area contributed by atoms with Crippen molar-refractivity contribution in [2.24, 2.45) is 0 Å². The Kier molecular flexibility index (Phi) is 8.79. The quantitative estimate of drug-likeness (QED) is 0.161. The highest BCUT2D eigenvalue weighted by Crippen LogP contribution is 2.43. The molecule has 63 heavy (non-hydrogen) atoms. The molecule has 0 amide bonds. The molecule has 0 saturated heterocycles. The van der Waals surface area contributed by atoms with E-state index in [0.29, 0.717) is 17.5 Å². The Balaban J connectivity index is 1.01. The van der Waals surface area contributed by atoms with Gasteiger partial charge < -0.3 is 4.42 Å². The molecule has 294 valence electrons. The van der Waals surface area contributed by atoms with Crippen LogP contribution in [0.25, 0.3) is 122 Å². The van der Waals surface area contributed by atoms with Crippen molar-refractivity contribution in [1.82, 2.24) is 15.0 Å². The van der Waals surface area contributed by atoms with Crippen LogP contribution in [0.5, 0.6) is 0 Å². The third-order valence-electron chi connectivity index (χ3n) is 12.2. The van der Waals surface area contributed by atoms with Gasteiger partial charge in [0.1, 0.15) is 11.2 Å². The molecule has 10 aromatic carbocycles. The Morgan fingerprint density at radius 3 is 1.43 bits per heavy atom. The highest BCUT2D eigenvalue weighted by Gasteiger charge is 2.21. The highest BCUT2D eigenvalue weighted by atomic mass is 16.3. The number of benzene rings is 10. The fourth-order valence-corrected chi connectivity index (χ4v) is 9.12. The third-order valence-corrected chi connectivity index (χ3v) is 12.2. The first-order valence-electron chi connectivity index (χ1n) is 21.3. The average molecular weight is 804 g/mol. The van der Waals surface area contributed by atoms with Crippen molar-refractivity contribution in [2.45, 2.75) is 0 Å². The summed E-state index contributed by atoms with van der Waals surface area (Å²) in [6.07, 6.45) is 0. The first kappa shape index (κ1) is 36.4. The lowest BCUT2D eigenvalue weighted by molar-refractivity contribution is 0.670. The smallest absolute Gasteiger partial charge is 0.164 e. The van der Waals surface area contributed by atoms with Gasteiger partial charge in [0.05, 0.1) is 0 Å². The molecule has 0 N–H and O–H groups in total. The zero-order chi connectivity index (χ0) is 41.7. The van der Waals surface area contributed by atoms with E-state index in [1.165, 1.54) is 38.2 Å². The summed E-state index contributed by atoms with van der Waals surface area (Å²) in [5.41, 5.74) is 13.4. The van der Waals surface area contributed by atoms with Crippen molar-refractivity contribution in [1.29, 1.82) is 0 Å². The normalized spacial score (nSPS) is 11.5. The second-order valence-corrected chi connectivity index (χ2v) is 15.9. The van der Waals surface area contributed by atoms with Gasteiger partial charge in [-0.3, -0.25) is 0 Å². The fourth-order valence-electron chi connectivity index (χ4n) is 9.12. The molecule has 0 radical (unpaired) electrons. The molecule has 2 heterocycles. The van der Waals surface area contributed by atoms with E-state index < -0.39 is 0 Å². The Hall–Kier alpha value is -8.47. The number of furan rings is 1. The van der Waals surface area contributed by atoms with Crippen LogP contribution in [0.2, 0.25) is 0 Å². The molecule has 12 aromatic rings. The molecule has 0 saturated carbocycles. The molecule has 12 rings (SSSR count). The van der Waals surface area contributed by atoms with Crippen LogP contribution < -0.4 is 0 Å². The van der Waals surface area contributed by atoms with Gasteiger partial charge in [-0.1, -0.05) is 218 Å². The summed E-state index contributed by atoms with van der Waals surface area (Å²) in [5, 5.41) is 6.77. The van der Waals surface area contributed by atoms with Crippen LogP contribution in [0.4, 0.5) is 0 Å². The summed E-state index contributed by atoms with van der Waals surface area (Å²) < 4.78 is 6.86. The Morgan fingerprint density at radius 2 is 0.698 bits per heavy atom. The van der Waals surface area contributed by atoms with Gasteiger partial charge in [-0.05, 0) is 66.6 Å². The van der Waals surface area contributed by atoms with E-state index in [1.807, 2.05) is 18.2 Å². The van der Waals surface area contributed by atoms with E-state index >= 15 is 0 Å². The molecular formula is C59H37N3O. The van der Waals surface area contributed by atoms with Crippen molar-refractivity contribution in [3.63, 3.8) is 0 Å². The molecule has 0 fully saturated rings. The van der Waals surface area contributed by atoms with E-state index in [4.69, 9.17) is 19.4 Å². The van der Waals surface area contributed by atoms with Gasteiger partial charge in [0.25, 0.3) is 0 Å². The highest BCUT2D eigenvalue weighted by molar-refractivity contribution is 6.17. The van der Waals surface area contributed by atoms with Crippen molar-refractivity contribution in [3.8, 4) is 78.7 Å². The van der Waals surface area contributed by atoms with Crippen LogP contribution in [-0.4, -0.2) is 15.0 Å². The van der Waals surface area contributed by atoms with Crippen LogP contribution >= 0.6 is 0 Å². The maximum Gasteiger partial charge on any atom is 0.164 e. The Labute approximate surface area is 364 Å². The largest absolute Gasteiger partial charge is 0.455 e. The summed E-state index contributed by atoms with van der Waals surface area (Å²) in [5.74, 6) is 1.78. The number of hydrogen-bond acceptors (Lipinski definition) is 4. The molecule has 2 aromatic heterocycles. The first-order valence-corrected chi connectivity index (χ1v) is 21.3. The summed E-state index contributed by atoms with van der Waals surface area (Å²) in [4.78, 5) is 15.6. The summed E-state index contributed by atoms with van der Waals surface area (Å²) in [7, 11) is 0. The van der Waals surface area contributed by atoms with Gasteiger partial charge in [-0.25, -0.2) is 15.0 Å². The topological polar surface area (TPSA) is 51.8 Å². The van der Waals surface area contributed by atoms with Crippen molar-refractivity contribution in [3.05, 3.63) is 224 Å². The minimum atomic E-state index is 0.580. The molecule has 0 spiro atoms. The number of rotatable bonds is 7. The Bertz CT molecular complexity index is 3650. The maximum atomic E-state index is 6.86. The zero-order valence-electron chi connectivity index (χ0n) is 34.1. The lowest BCUT2D eigenvalue weighted by Gasteiger charge is -2.12. The maximum absolute atomic E-state index is 6.86. The molecule has 4 nitrogen and oxygen atoms in total. The minimum Gasteiger partial charge on any atom is -0.455 e. The molecule has 0 atom stereocenters. The molecule has 0 aliphatic rings. The third kappa shape index (κ3) is 6.44. The molecule has 0 aliphatic carbocycles. The molecule has 4 heteroatoms. The van der Waals surface area contributed by atoms with Crippen LogP contribution in [0, 0.1) is 0 Å². The second kappa shape index (κ2) is 15.2. The standard InChI is InChI=1S/C59H37N3O/c1-3-14-38(15-4-1)39-28-32-43(33-29-39)57-60-58(44-34-30-42(31-35-44)46-23-11-19-41-18-7-8-20-45(41)46)62-59(61-57)53-26-13-27-54-55(53)52-25-12-24-51(56(52)63-54)50-37-36-47(40-16-5-2-6-17-40)48-21-9-10-22-49(48)50/h1-37H. The van der Waals surface area contributed by atoms with Gasteiger partial charge in [0, 0.05) is 33.0 Å². The zero-order valence-corrected chi connectivity index (χ0v) is 34.1. The van der Waals surface area contributed by atoms with Crippen molar-refractivity contribution in [2.75, 3.05) is 0 Å². The molecule has 0 aliphatic heterocycles. The van der Waals surface area contributed by atoms with E-state index in [1.54, 1.807) is 0 Å². The number of nitrogens with zero attached hydrogens (tertiary/aromatic N) is 3. The summed E-state index contributed by atoms with van der Waals surface area (Å²) in [6, 6.07) is 78.7. The van der Waals surface area contributed by atoms with Gasteiger partial charge in [-0.2, -0.15) is 0 Å². The van der Waals surface area contributed by atoms with Crippen molar-refractivity contribution >= 4 is 43.5 Å². The first-order chi connectivity index (χ1) is 31.2. The van der Waals surface area contributed by atoms with Crippen LogP contribution in [0.1, 0.15) is 0 Å². The average Bonchev–Trinajstić information content (AvgIpc) is 3.76. The van der Waals surface area contributed by atoms with Gasteiger partial charge in [0.15, 0.2) is 17.5 Å². The molecule has 0 bridgehead atoms. The van der Waals surface area contributed by atoms with Crippen LogP contribution in [0.3, 0.4) is 0 Å². The van der Waals surface area contributed by atoms with E-state index in [9.17, 15) is 0 Å². The SMILES string of the molecule is c1ccc(-c2ccc(-c3nc(-c4ccc(-c5cccc6ccccc56)cc4)nc(-c4cccc5oc6c(-c7ccc(-c8ccccc8)c8ccccc78)cccc6c45)n3)cc2)cc1. The summed E-state index contributed by atoms with van der Waals surface area (Å²) >= 11 is 0. The predicted molar refractivity (Wildman–Crippen MR) is 260 cm³/mol. The molecular weight excluding hydrogens is 767 g/mol. The number of hydrogen-bond donors (Lipinski definition) is 0. The van der Waals surface area contributed by atoms with Crippen molar-refractivity contribution < 1.29 is 4.42 Å². The summed E-state index contributed by atoms with van der Waals surface area (Å²) in [6.45, 7) is 0. The van der Waals surface area contributed by atoms with E-state index in [-0.39, 0.29) is 0 Å². The van der Waals surface area contributed by atoms with Gasteiger partial charge >= 0.3 is 0 Å². The fraction of sp³-hybridized carbons (Fsp3) is 0. The lowest BCUT2D eigenvalue weighted by Crippen LogP contribution is -2.00. The Morgan fingerprint density at radius 1 is 0.254 bits per heavy atom. The monoisotopic (exact) mass is 803 g/mol. The number of para-hydroxylation sites is 1. The second-order valence-electron chi connectivity index (χ2n) is 15.9. The number of aromatic nitrogens is 3. The minimum absolute atomic E-state index is 0.580. The van der Waals surface area contributed by atoms with E-state index in [0.717, 1.165) is 66.4 Å². The van der Waals surface area contributed by atoms with Gasteiger partial charge in [-0.15, -0.1) is 0 Å². The van der Waals surface area contributed by atoms with Crippen LogP contribution in [-0.2, 0) is 0 Å². The number of fused-ring (bicyclic) bond motifs is 5. The van der Waals surface area contributed by atoms with Crippen LogP contribution in [0.15, 0.2) is 229 Å². The molecule has 0 unspecified atom stereocenters. The van der Waals surface area contributed by atoms with E-state index in [2.05, 4.69) is 206 Å². The van der Waals surface area contributed by atoms with Gasteiger partial charge in [0.2, 0.25) is 0 Å². The lowest BCUT2D eigenvalue weighted by atomic mass is 9.91.